The summed E-state index contributed by atoms with van der Waals surface area (Å²) in [6.07, 6.45) is 0.663. The molecule has 2 heterocycles. The minimum Gasteiger partial charge on any atom is -0.324 e. The van der Waals surface area contributed by atoms with Crippen LogP contribution in [0.4, 0.5) is 5.69 Å². The van der Waals surface area contributed by atoms with E-state index in [9.17, 15) is 14.4 Å². The largest absolute Gasteiger partial charge is 0.324 e. The molecule has 5 nitrogen and oxygen atoms in total. The summed E-state index contributed by atoms with van der Waals surface area (Å²) in [6.45, 7) is 0. The Hall–Kier alpha value is -2.17. The zero-order chi connectivity index (χ0) is 12.0. The number of nitrogens with zero attached hydrogens (tertiary/aromatic N) is 1. The Bertz CT molecular complexity index is 538. The molecule has 3 amide bonds. The molecular weight excluding hydrogens is 220 g/mol. The summed E-state index contributed by atoms with van der Waals surface area (Å²) in [5.74, 6) is -0.938. The second-order valence-corrected chi connectivity index (χ2v) is 4.16. The van der Waals surface area contributed by atoms with E-state index in [0.29, 0.717) is 17.7 Å². The number of para-hydroxylation sites is 1. The molecule has 0 unspecified atom stereocenters. The highest BCUT2D eigenvalue weighted by atomic mass is 16.2. The van der Waals surface area contributed by atoms with Gasteiger partial charge in [0.25, 0.3) is 5.91 Å². The van der Waals surface area contributed by atoms with Crippen molar-refractivity contribution in [2.24, 2.45) is 0 Å². The Morgan fingerprint density at radius 1 is 1.18 bits per heavy atom. The first-order valence-electron chi connectivity index (χ1n) is 5.45. The summed E-state index contributed by atoms with van der Waals surface area (Å²) >= 11 is 0. The number of carbonyl (C=O) groups excluding carboxylic acids is 3. The van der Waals surface area contributed by atoms with Crippen LogP contribution in [0.15, 0.2) is 24.3 Å². The van der Waals surface area contributed by atoms with Crippen LogP contribution in [0.25, 0.3) is 0 Å². The predicted octanol–water partition coefficient (Wildman–Crippen LogP) is 0.770. The van der Waals surface area contributed by atoms with Gasteiger partial charge in [-0.15, -0.1) is 0 Å². The predicted molar refractivity (Wildman–Crippen MR) is 59.3 cm³/mol. The first-order valence-corrected chi connectivity index (χ1v) is 5.45. The van der Waals surface area contributed by atoms with Gasteiger partial charge in [-0.05, 0) is 18.6 Å². The van der Waals surface area contributed by atoms with Gasteiger partial charge in [0.15, 0.2) is 0 Å². The van der Waals surface area contributed by atoms with E-state index in [-0.39, 0.29) is 24.1 Å². The van der Waals surface area contributed by atoms with Gasteiger partial charge in [-0.2, -0.15) is 0 Å². The number of rotatable bonds is 0. The Morgan fingerprint density at radius 3 is 2.76 bits per heavy atom. The maximum absolute atomic E-state index is 12.2. The van der Waals surface area contributed by atoms with Crippen molar-refractivity contribution >= 4 is 23.4 Å². The van der Waals surface area contributed by atoms with Gasteiger partial charge in [0.1, 0.15) is 6.04 Å². The molecule has 0 aliphatic carbocycles. The molecule has 86 valence electrons. The van der Waals surface area contributed by atoms with Crippen LogP contribution in [0.5, 0.6) is 0 Å². The molecule has 1 aromatic rings. The van der Waals surface area contributed by atoms with Gasteiger partial charge in [0, 0.05) is 6.42 Å². The van der Waals surface area contributed by atoms with Crippen molar-refractivity contribution < 1.29 is 14.4 Å². The standard InChI is InChI=1S/C12H10N2O3/c15-10-6-5-9-11(16)13-8-4-2-1-3-7(8)12(17)14(9)10/h1-4,9H,5-6H2,(H,13,16)/t9-/m1/s1. The van der Waals surface area contributed by atoms with Crippen LogP contribution in [0, 0.1) is 0 Å². The number of amides is 3. The van der Waals surface area contributed by atoms with Crippen molar-refractivity contribution in [3.8, 4) is 0 Å². The molecule has 0 aromatic heterocycles. The first-order chi connectivity index (χ1) is 8.18. The number of hydrogen-bond donors (Lipinski definition) is 1. The van der Waals surface area contributed by atoms with E-state index >= 15 is 0 Å². The highest BCUT2D eigenvalue weighted by Crippen LogP contribution is 2.28. The number of nitrogens with one attached hydrogen (secondary N) is 1. The summed E-state index contributed by atoms with van der Waals surface area (Å²) in [7, 11) is 0. The van der Waals surface area contributed by atoms with Gasteiger partial charge in [-0.1, -0.05) is 12.1 Å². The molecular formula is C12H10N2O3. The molecule has 0 radical (unpaired) electrons. The summed E-state index contributed by atoms with van der Waals surface area (Å²) < 4.78 is 0. The zero-order valence-corrected chi connectivity index (χ0v) is 8.97. The lowest BCUT2D eigenvalue weighted by atomic mass is 10.1. The first kappa shape index (κ1) is 10.0. The van der Waals surface area contributed by atoms with E-state index < -0.39 is 6.04 Å². The van der Waals surface area contributed by atoms with Crippen LogP contribution >= 0.6 is 0 Å². The lowest BCUT2D eigenvalue weighted by molar-refractivity contribution is -0.130. The number of fused-ring (bicyclic) bond motifs is 2. The minimum absolute atomic E-state index is 0.256. The number of carbonyl (C=O) groups is 3. The average Bonchev–Trinajstić information content (AvgIpc) is 2.66. The van der Waals surface area contributed by atoms with E-state index in [0.717, 1.165) is 4.90 Å². The lowest BCUT2D eigenvalue weighted by Crippen LogP contribution is -2.42. The normalized spacial score (nSPS) is 22.9. The van der Waals surface area contributed by atoms with Gasteiger partial charge in [-0.3, -0.25) is 19.3 Å². The van der Waals surface area contributed by atoms with Gasteiger partial charge < -0.3 is 5.32 Å². The third kappa shape index (κ3) is 1.35. The van der Waals surface area contributed by atoms with Crippen LogP contribution < -0.4 is 5.32 Å². The Kier molecular flexibility index (Phi) is 2.01. The van der Waals surface area contributed by atoms with E-state index in [2.05, 4.69) is 5.32 Å². The highest BCUT2D eigenvalue weighted by molar-refractivity contribution is 6.16. The van der Waals surface area contributed by atoms with Crippen molar-refractivity contribution in [2.45, 2.75) is 18.9 Å². The number of anilines is 1. The van der Waals surface area contributed by atoms with Crippen LogP contribution in [0.2, 0.25) is 0 Å². The molecule has 0 bridgehead atoms. The van der Waals surface area contributed by atoms with Crippen molar-refractivity contribution in [1.29, 1.82) is 0 Å². The van der Waals surface area contributed by atoms with Crippen molar-refractivity contribution in [3.05, 3.63) is 29.8 Å². The third-order valence-electron chi connectivity index (χ3n) is 3.15. The van der Waals surface area contributed by atoms with Crippen LogP contribution in [-0.2, 0) is 9.59 Å². The fourth-order valence-electron chi connectivity index (χ4n) is 2.31. The molecule has 2 aliphatic rings. The average molecular weight is 230 g/mol. The summed E-state index contributed by atoms with van der Waals surface area (Å²) in [6, 6.07) is 6.08. The monoisotopic (exact) mass is 230 g/mol. The Balaban J connectivity index is 2.15. The summed E-state index contributed by atoms with van der Waals surface area (Å²) in [5, 5.41) is 2.69. The minimum atomic E-state index is -0.651. The molecule has 1 aromatic carbocycles. The molecule has 1 atom stereocenters. The van der Waals surface area contributed by atoms with Gasteiger partial charge >= 0.3 is 0 Å². The second kappa shape index (κ2) is 3.41. The van der Waals surface area contributed by atoms with E-state index in [1.54, 1.807) is 24.3 Å². The molecule has 3 rings (SSSR count). The highest BCUT2D eigenvalue weighted by Gasteiger charge is 2.43. The maximum Gasteiger partial charge on any atom is 0.263 e. The van der Waals surface area contributed by atoms with Crippen molar-refractivity contribution in [2.75, 3.05) is 5.32 Å². The van der Waals surface area contributed by atoms with Crippen LogP contribution in [0.3, 0.4) is 0 Å². The van der Waals surface area contributed by atoms with Crippen LogP contribution in [0.1, 0.15) is 23.2 Å². The molecule has 1 saturated heterocycles. The van der Waals surface area contributed by atoms with Crippen molar-refractivity contribution in [3.63, 3.8) is 0 Å². The second-order valence-electron chi connectivity index (χ2n) is 4.16. The Morgan fingerprint density at radius 2 is 1.94 bits per heavy atom. The fourth-order valence-corrected chi connectivity index (χ4v) is 2.31. The summed E-state index contributed by atoms with van der Waals surface area (Å²) in [5.41, 5.74) is 0.850. The number of benzene rings is 1. The molecule has 1 fully saturated rings. The molecule has 17 heavy (non-hydrogen) atoms. The summed E-state index contributed by atoms with van der Waals surface area (Å²) in [4.78, 5) is 36.8. The maximum atomic E-state index is 12.2. The quantitative estimate of drug-likeness (QED) is 0.669. The number of imide groups is 1. The molecule has 5 heteroatoms. The van der Waals surface area contributed by atoms with Gasteiger partial charge in [0.2, 0.25) is 11.8 Å². The smallest absolute Gasteiger partial charge is 0.263 e. The molecule has 0 spiro atoms. The van der Waals surface area contributed by atoms with Crippen LogP contribution in [-0.4, -0.2) is 28.7 Å². The zero-order valence-electron chi connectivity index (χ0n) is 8.97. The molecule has 1 N–H and O–H groups in total. The van der Waals surface area contributed by atoms with Gasteiger partial charge in [-0.25, -0.2) is 0 Å². The molecule has 2 aliphatic heterocycles. The SMILES string of the molecule is O=C1Nc2ccccc2C(=O)N2C(=O)CC[C@H]12. The molecule has 0 saturated carbocycles. The number of hydrogen-bond acceptors (Lipinski definition) is 3. The van der Waals surface area contributed by atoms with Crippen molar-refractivity contribution in [1.82, 2.24) is 4.90 Å². The van der Waals surface area contributed by atoms with E-state index in [1.807, 2.05) is 0 Å². The lowest BCUT2D eigenvalue weighted by Gasteiger charge is -2.17. The third-order valence-corrected chi connectivity index (χ3v) is 3.15. The topological polar surface area (TPSA) is 66.5 Å². The van der Waals surface area contributed by atoms with Gasteiger partial charge in [0.05, 0.1) is 11.3 Å². The van der Waals surface area contributed by atoms with E-state index in [4.69, 9.17) is 0 Å². The van der Waals surface area contributed by atoms with E-state index in [1.165, 1.54) is 0 Å². The fraction of sp³-hybridized carbons (Fsp3) is 0.250. The Labute approximate surface area is 97.4 Å².